The van der Waals surface area contributed by atoms with Crippen LogP contribution in [0.25, 0.3) is 10.9 Å². The van der Waals surface area contributed by atoms with Gasteiger partial charge in [-0.25, -0.2) is 4.98 Å². The number of hydrogen-bond acceptors (Lipinski definition) is 6. The average molecular weight is 435 g/mol. The molecule has 4 heterocycles. The normalized spacial score (nSPS) is 19.3. The number of para-hydroxylation sites is 1. The van der Waals surface area contributed by atoms with Gasteiger partial charge in [-0.15, -0.1) is 0 Å². The predicted octanol–water partition coefficient (Wildman–Crippen LogP) is 1.65. The van der Waals surface area contributed by atoms with Gasteiger partial charge in [-0.3, -0.25) is 14.3 Å². The molecule has 0 radical (unpaired) electrons. The SMILES string of the molecule is Cn1cc(C(=O)N2CCO[C@H](c3cc(C(=O)N4CCOCC4)c4ccccc4n3)C2)cn1. The number of benzene rings is 1. The van der Waals surface area contributed by atoms with Crippen molar-refractivity contribution in [2.24, 2.45) is 7.05 Å². The minimum absolute atomic E-state index is 0.0350. The lowest BCUT2D eigenvalue weighted by Gasteiger charge is -2.33. The van der Waals surface area contributed by atoms with E-state index in [-0.39, 0.29) is 11.8 Å². The number of pyridine rings is 1. The van der Waals surface area contributed by atoms with Gasteiger partial charge in [0.2, 0.25) is 0 Å². The number of rotatable bonds is 3. The largest absolute Gasteiger partial charge is 0.378 e. The van der Waals surface area contributed by atoms with Gasteiger partial charge in [0.05, 0.1) is 54.9 Å². The molecule has 166 valence electrons. The number of fused-ring (bicyclic) bond motifs is 1. The van der Waals surface area contributed by atoms with Crippen LogP contribution in [0.5, 0.6) is 0 Å². The van der Waals surface area contributed by atoms with Crippen LogP contribution in [-0.2, 0) is 16.5 Å². The molecule has 5 rings (SSSR count). The predicted molar refractivity (Wildman–Crippen MR) is 116 cm³/mol. The minimum atomic E-state index is -0.412. The molecule has 2 saturated heterocycles. The monoisotopic (exact) mass is 435 g/mol. The number of ether oxygens (including phenoxy) is 2. The zero-order valence-electron chi connectivity index (χ0n) is 17.9. The number of aromatic nitrogens is 3. The summed E-state index contributed by atoms with van der Waals surface area (Å²) in [5, 5.41) is 4.91. The zero-order valence-corrected chi connectivity index (χ0v) is 17.9. The smallest absolute Gasteiger partial charge is 0.257 e. The van der Waals surface area contributed by atoms with Gasteiger partial charge in [0, 0.05) is 38.3 Å². The van der Waals surface area contributed by atoms with Crippen molar-refractivity contribution in [2.75, 3.05) is 46.0 Å². The van der Waals surface area contributed by atoms with Crippen molar-refractivity contribution in [1.82, 2.24) is 24.6 Å². The summed E-state index contributed by atoms with van der Waals surface area (Å²) in [5.41, 5.74) is 2.54. The first kappa shape index (κ1) is 20.6. The molecule has 0 unspecified atom stereocenters. The molecule has 2 aromatic heterocycles. The quantitative estimate of drug-likeness (QED) is 0.622. The fourth-order valence-corrected chi connectivity index (χ4v) is 4.20. The number of nitrogens with zero attached hydrogens (tertiary/aromatic N) is 5. The van der Waals surface area contributed by atoms with Crippen LogP contribution in [-0.4, -0.2) is 82.4 Å². The first-order valence-electron chi connectivity index (χ1n) is 10.8. The highest BCUT2D eigenvalue weighted by atomic mass is 16.5. The van der Waals surface area contributed by atoms with Crippen LogP contribution < -0.4 is 0 Å². The summed E-state index contributed by atoms with van der Waals surface area (Å²) in [6, 6.07) is 9.45. The molecule has 9 nitrogen and oxygen atoms in total. The Bertz CT molecular complexity index is 1150. The molecule has 32 heavy (non-hydrogen) atoms. The van der Waals surface area contributed by atoms with Gasteiger partial charge in [-0.1, -0.05) is 18.2 Å². The summed E-state index contributed by atoms with van der Waals surface area (Å²) in [5.74, 6) is -0.121. The maximum atomic E-state index is 13.3. The number of hydrogen-bond donors (Lipinski definition) is 0. The average Bonchev–Trinajstić information content (AvgIpc) is 3.29. The minimum Gasteiger partial charge on any atom is -0.378 e. The molecule has 0 N–H and O–H groups in total. The Kier molecular flexibility index (Phi) is 5.59. The maximum absolute atomic E-state index is 13.3. The Morgan fingerprint density at radius 3 is 2.59 bits per heavy atom. The molecule has 1 aromatic carbocycles. The zero-order chi connectivity index (χ0) is 22.1. The van der Waals surface area contributed by atoms with Crippen LogP contribution in [0.3, 0.4) is 0 Å². The fraction of sp³-hybridized carbons (Fsp3) is 0.391. The lowest BCUT2D eigenvalue weighted by molar-refractivity contribution is -0.0246. The molecule has 2 aliphatic rings. The summed E-state index contributed by atoms with van der Waals surface area (Å²) in [4.78, 5) is 34.6. The van der Waals surface area contributed by atoms with E-state index in [0.717, 1.165) is 10.9 Å². The summed E-state index contributed by atoms with van der Waals surface area (Å²) in [7, 11) is 1.78. The maximum Gasteiger partial charge on any atom is 0.257 e. The fourth-order valence-electron chi connectivity index (χ4n) is 4.20. The summed E-state index contributed by atoms with van der Waals surface area (Å²) < 4.78 is 13.0. The lowest BCUT2D eigenvalue weighted by atomic mass is 10.0. The van der Waals surface area contributed by atoms with E-state index in [0.29, 0.717) is 62.8 Å². The molecule has 0 saturated carbocycles. The van der Waals surface area contributed by atoms with Crippen molar-refractivity contribution in [1.29, 1.82) is 0 Å². The summed E-state index contributed by atoms with van der Waals surface area (Å²) >= 11 is 0. The van der Waals surface area contributed by atoms with E-state index in [4.69, 9.17) is 14.5 Å². The second-order valence-corrected chi connectivity index (χ2v) is 8.03. The van der Waals surface area contributed by atoms with Crippen molar-refractivity contribution < 1.29 is 19.1 Å². The van der Waals surface area contributed by atoms with E-state index in [1.165, 1.54) is 0 Å². The van der Waals surface area contributed by atoms with Gasteiger partial charge in [0.25, 0.3) is 11.8 Å². The number of carbonyl (C=O) groups excluding carboxylic acids is 2. The van der Waals surface area contributed by atoms with Crippen LogP contribution in [0, 0.1) is 0 Å². The molecule has 1 atom stereocenters. The van der Waals surface area contributed by atoms with Crippen molar-refractivity contribution in [2.45, 2.75) is 6.10 Å². The van der Waals surface area contributed by atoms with Gasteiger partial charge in [0.1, 0.15) is 6.10 Å². The highest BCUT2D eigenvalue weighted by molar-refractivity contribution is 6.06. The van der Waals surface area contributed by atoms with Crippen molar-refractivity contribution in [3.05, 3.63) is 59.5 Å². The van der Waals surface area contributed by atoms with Gasteiger partial charge in [-0.2, -0.15) is 5.10 Å². The van der Waals surface area contributed by atoms with Gasteiger partial charge >= 0.3 is 0 Å². The van der Waals surface area contributed by atoms with Crippen LogP contribution >= 0.6 is 0 Å². The molecule has 2 amide bonds. The van der Waals surface area contributed by atoms with E-state index >= 15 is 0 Å². The second kappa shape index (κ2) is 8.68. The Labute approximate surface area is 185 Å². The van der Waals surface area contributed by atoms with Gasteiger partial charge in [-0.05, 0) is 12.1 Å². The number of morpholine rings is 2. The number of amides is 2. The van der Waals surface area contributed by atoms with Crippen LogP contribution in [0.15, 0.2) is 42.7 Å². The van der Waals surface area contributed by atoms with E-state index in [9.17, 15) is 9.59 Å². The Balaban J connectivity index is 1.45. The van der Waals surface area contributed by atoms with E-state index in [1.54, 1.807) is 29.0 Å². The van der Waals surface area contributed by atoms with Crippen molar-refractivity contribution in [3.8, 4) is 0 Å². The highest BCUT2D eigenvalue weighted by Crippen LogP contribution is 2.27. The van der Waals surface area contributed by atoms with E-state index < -0.39 is 6.10 Å². The number of carbonyl (C=O) groups is 2. The van der Waals surface area contributed by atoms with Crippen LogP contribution in [0.1, 0.15) is 32.5 Å². The Hall–Kier alpha value is -3.30. The molecule has 9 heteroatoms. The Morgan fingerprint density at radius 2 is 1.81 bits per heavy atom. The third-order valence-electron chi connectivity index (χ3n) is 5.90. The molecular formula is C23H25N5O4. The van der Waals surface area contributed by atoms with Crippen LogP contribution in [0.2, 0.25) is 0 Å². The summed E-state index contributed by atoms with van der Waals surface area (Å²) in [6.07, 6.45) is 2.87. The Morgan fingerprint density at radius 1 is 1.03 bits per heavy atom. The van der Waals surface area contributed by atoms with E-state index in [1.807, 2.05) is 35.2 Å². The van der Waals surface area contributed by atoms with E-state index in [2.05, 4.69) is 5.10 Å². The third kappa shape index (κ3) is 3.96. The lowest BCUT2D eigenvalue weighted by Crippen LogP contribution is -2.42. The molecule has 0 spiro atoms. The van der Waals surface area contributed by atoms with Crippen molar-refractivity contribution >= 4 is 22.7 Å². The topological polar surface area (TPSA) is 89.8 Å². The highest BCUT2D eigenvalue weighted by Gasteiger charge is 2.29. The summed E-state index contributed by atoms with van der Waals surface area (Å²) in [6.45, 7) is 3.48. The molecule has 2 fully saturated rings. The number of aryl methyl sites for hydroxylation is 1. The third-order valence-corrected chi connectivity index (χ3v) is 5.90. The molecular weight excluding hydrogens is 410 g/mol. The second-order valence-electron chi connectivity index (χ2n) is 8.03. The first-order chi connectivity index (χ1) is 15.6. The molecule has 0 aliphatic carbocycles. The standard InChI is InChI=1S/C23H25N5O4/c1-26-14-16(13-24-26)22(29)28-8-11-32-21(15-28)20-12-18(17-4-2-3-5-19(17)25-20)23(30)27-6-9-31-10-7-27/h2-5,12-14,21H,6-11,15H2,1H3/t21-/m0/s1. The first-order valence-corrected chi connectivity index (χ1v) is 10.8. The van der Waals surface area contributed by atoms with Crippen LogP contribution in [0.4, 0.5) is 0 Å². The van der Waals surface area contributed by atoms with Crippen molar-refractivity contribution in [3.63, 3.8) is 0 Å². The molecule has 0 bridgehead atoms. The van der Waals surface area contributed by atoms with Gasteiger partial charge in [0.15, 0.2) is 0 Å². The molecule has 2 aliphatic heterocycles. The van der Waals surface area contributed by atoms with Gasteiger partial charge < -0.3 is 19.3 Å². The molecule has 3 aromatic rings.